The third-order valence-electron chi connectivity index (χ3n) is 6.79. The largest absolute Gasteiger partial charge is 0.479 e. The molecule has 5 heterocycles. The van der Waals surface area contributed by atoms with Crippen molar-refractivity contribution in [1.82, 2.24) is 29.0 Å². The van der Waals surface area contributed by atoms with Crippen LogP contribution in [0.4, 0.5) is 16.0 Å². The number of nitrogens with zero attached hydrogens (tertiary/aromatic N) is 7. The summed E-state index contributed by atoms with van der Waals surface area (Å²) >= 11 is 1.04. The number of furan rings is 1. The van der Waals surface area contributed by atoms with Gasteiger partial charge in [-0.25, -0.2) is 14.2 Å². The maximum Gasteiger partial charge on any atom is 0.344 e. The first-order chi connectivity index (χ1) is 19.3. The number of nitrogens with two attached hydrogens (primary N) is 1. The van der Waals surface area contributed by atoms with Crippen LogP contribution in [0.25, 0.3) is 27.6 Å². The molecule has 4 aromatic heterocycles. The van der Waals surface area contributed by atoms with Crippen LogP contribution < -0.4 is 20.2 Å². The van der Waals surface area contributed by atoms with E-state index < -0.39 is 17.9 Å². The van der Waals surface area contributed by atoms with E-state index in [4.69, 9.17) is 20.0 Å². The van der Waals surface area contributed by atoms with E-state index in [0.29, 0.717) is 72.5 Å². The van der Waals surface area contributed by atoms with Gasteiger partial charge in [0.1, 0.15) is 16.3 Å². The second-order valence-corrected chi connectivity index (χ2v) is 10.3. The standard InChI is InChI=1S/C25H25FN8O5S/c1-14(23(35)36)39-15-4-5-17(16(26)13-15)32-9-6-31(7-10-32)8-11-33-21-19(40-25(33)37)22-28-20(18-3-2-12-38-18)30-34(22)24(27)29-21/h2-5,12-14H,6-11H2,1H3,(H2,27,29)(H,35,36)/t14-/m1/s1. The predicted octanol–water partition coefficient (Wildman–Crippen LogP) is 2.16. The lowest BCUT2D eigenvalue weighted by atomic mass is 10.2. The fourth-order valence-corrected chi connectivity index (χ4v) is 5.59. The van der Waals surface area contributed by atoms with Crippen molar-refractivity contribution >= 4 is 44.9 Å². The van der Waals surface area contributed by atoms with E-state index in [9.17, 15) is 14.0 Å². The number of halogens is 1. The Morgan fingerprint density at radius 1 is 1.20 bits per heavy atom. The van der Waals surface area contributed by atoms with Crippen LogP contribution >= 0.6 is 11.3 Å². The van der Waals surface area contributed by atoms with Crippen molar-refractivity contribution in [2.24, 2.45) is 0 Å². The van der Waals surface area contributed by atoms with Gasteiger partial charge in [-0.3, -0.25) is 14.3 Å². The van der Waals surface area contributed by atoms with Crippen LogP contribution in [-0.2, 0) is 11.3 Å². The number of ether oxygens (including phenoxy) is 1. The summed E-state index contributed by atoms with van der Waals surface area (Å²) in [6, 6.07) is 7.85. The van der Waals surface area contributed by atoms with Gasteiger partial charge in [-0.1, -0.05) is 11.3 Å². The Morgan fingerprint density at radius 2 is 2.00 bits per heavy atom. The molecule has 0 spiro atoms. The molecule has 208 valence electrons. The summed E-state index contributed by atoms with van der Waals surface area (Å²) in [5, 5.41) is 13.4. The highest BCUT2D eigenvalue weighted by Gasteiger charge is 2.23. The summed E-state index contributed by atoms with van der Waals surface area (Å²) in [7, 11) is 0. The van der Waals surface area contributed by atoms with Crippen LogP contribution in [0, 0.1) is 5.82 Å². The summed E-state index contributed by atoms with van der Waals surface area (Å²) in [4.78, 5) is 36.9. The van der Waals surface area contributed by atoms with Crippen molar-refractivity contribution in [3.05, 3.63) is 52.1 Å². The Hall–Kier alpha value is -4.50. The summed E-state index contributed by atoms with van der Waals surface area (Å²) in [5.41, 5.74) is 7.49. The first kappa shape index (κ1) is 25.8. The van der Waals surface area contributed by atoms with E-state index in [1.165, 1.54) is 23.8 Å². The Bertz CT molecular complexity index is 1760. The minimum Gasteiger partial charge on any atom is -0.479 e. The van der Waals surface area contributed by atoms with Crippen LogP contribution in [0.2, 0.25) is 0 Å². The van der Waals surface area contributed by atoms with Gasteiger partial charge in [0, 0.05) is 45.3 Å². The molecular formula is C25H25FN8O5S. The number of benzene rings is 1. The average Bonchev–Trinajstić information content (AvgIpc) is 3.67. The van der Waals surface area contributed by atoms with E-state index >= 15 is 0 Å². The molecular weight excluding hydrogens is 543 g/mol. The summed E-state index contributed by atoms with van der Waals surface area (Å²) < 4.78 is 29.0. The van der Waals surface area contributed by atoms with E-state index in [-0.39, 0.29) is 16.6 Å². The molecule has 5 aromatic rings. The monoisotopic (exact) mass is 568 g/mol. The Balaban J connectivity index is 1.13. The number of nitrogen functional groups attached to an aromatic ring is 1. The number of thiazole rings is 1. The maximum absolute atomic E-state index is 14.8. The number of carbonyl (C=O) groups is 1. The SMILES string of the molecule is C[C@@H](Oc1ccc(N2CCN(CCn3c(=O)sc4c3nc(N)n3nc(-c5ccco5)nc43)CC2)c(F)c1)C(=O)O. The molecule has 0 amide bonds. The number of rotatable bonds is 8. The summed E-state index contributed by atoms with van der Waals surface area (Å²) in [6.45, 7) is 4.90. The van der Waals surface area contributed by atoms with Gasteiger partial charge in [0.05, 0.1) is 12.0 Å². The average molecular weight is 569 g/mol. The Morgan fingerprint density at radius 3 is 2.70 bits per heavy atom. The first-order valence-corrected chi connectivity index (χ1v) is 13.4. The third kappa shape index (κ3) is 4.73. The molecule has 1 atom stereocenters. The molecule has 40 heavy (non-hydrogen) atoms. The summed E-state index contributed by atoms with van der Waals surface area (Å²) in [6.07, 6.45) is 0.453. The number of carboxylic acids is 1. The number of aromatic nitrogens is 5. The highest BCUT2D eigenvalue weighted by molar-refractivity contribution is 7.17. The Kier molecular flexibility index (Phi) is 6.59. The van der Waals surface area contributed by atoms with Crippen LogP contribution in [0.1, 0.15) is 6.92 Å². The molecule has 15 heteroatoms. The van der Waals surface area contributed by atoms with E-state index in [2.05, 4.69) is 20.0 Å². The van der Waals surface area contributed by atoms with Gasteiger partial charge in [0.15, 0.2) is 23.2 Å². The van der Waals surface area contributed by atoms with E-state index in [0.717, 1.165) is 11.3 Å². The number of hydrogen-bond donors (Lipinski definition) is 2. The van der Waals surface area contributed by atoms with Crippen molar-refractivity contribution < 1.29 is 23.4 Å². The number of piperazine rings is 1. The zero-order valence-corrected chi connectivity index (χ0v) is 22.2. The second-order valence-electron chi connectivity index (χ2n) is 9.33. The molecule has 0 bridgehead atoms. The van der Waals surface area contributed by atoms with Gasteiger partial charge < -0.3 is 24.9 Å². The van der Waals surface area contributed by atoms with Gasteiger partial charge in [-0.05, 0) is 31.2 Å². The van der Waals surface area contributed by atoms with Crippen LogP contribution in [0.15, 0.2) is 45.8 Å². The smallest absolute Gasteiger partial charge is 0.344 e. The van der Waals surface area contributed by atoms with Crippen molar-refractivity contribution in [2.75, 3.05) is 43.4 Å². The first-order valence-electron chi connectivity index (χ1n) is 12.5. The van der Waals surface area contributed by atoms with E-state index in [1.54, 1.807) is 28.8 Å². The number of carboxylic acid groups (broad SMARTS) is 1. The normalized spacial score (nSPS) is 15.2. The molecule has 3 N–H and O–H groups in total. The number of aliphatic carboxylic acids is 1. The molecule has 1 aromatic carbocycles. The van der Waals surface area contributed by atoms with Crippen molar-refractivity contribution in [1.29, 1.82) is 0 Å². The molecule has 0 radical (unpaired) electrons. The molecule has 1 aliphatic heterocycles. The van der Waals surface area contributed by atoms with Crippen LogP contribution in [-0.4, -0.2) is 79.0 Å². The Labute approximate surface area is 229 Å². The third-order valence-corrected chi connectivity index (χ3v) is 7.75. The van der Waals surface area contributed by atoms with Crippen molar-refractivity contribution in [3.63, 3.8) is 0 Å². The topological polar surface area (TPSA) is 157 Å². The highest BCUT2D eigenvalue weighted by atomic mass is 32.1. The lowest BCUT2D eigenvalue weighted by Gasteiger charge is -2.36. The second kappa shape index (κ2) is 10.2. The molecule has 1 fully saturated rings. The van der Waals surface area contributed by atoms with Gasteiger partial charge in [-0.2, -0.15) is 9.50 Å². The van der Waals surface area contributed by atoms with Gasteiger partial charge in [-0.15, -0.1) is 5.10 Å². The molecule has 0 saturated carbocycles. The number of anilines is 2. The molecule has 1 saturated heterocycles. The van der Waals surface area contributed by atoms with Crippen LogP contribution in [0.5, 0.6) is 5.75 Å². The lowest BCUT2D eigenvalue weighted by molar-refractivity contribution is -0.144. The zero-order valence-electron chi connectivity index (χ0n) is 21.4. The quantitative estimate of drug-likeness (QED) is 0.283. The molecule has 6 rings (SSSR count). The molecule has 0 aliphatic carbocycles. The highest BCUT2D eigenvalue weighted by Crippen LogP contribution is 2.27. The lowest BCUT2D eigenvalue weighted by Crippen LogP contribution is -2.47. The van der Waals surface area contributed by atoms with Crippen molar-refractivity contribution in [2.45, 2.75) is 19.6 Å². The van der Waals surface area contributed by atoms with Gasteiger partial charge in [0.25, 0.3) is 0 Å². The summed E-state index contributed by atoms with van der Waals surface area (Å²) in [5.74, 6) is -0.479. The molecule has 13 nitrogen and oxygen atoms in total. The van der Waals surface area contributed by atoms with Crippen molar-refractivity contribution in [3.8, 4) is 17.3 Å². The van der Waals surface area contributed by atoms with E-state index in [1.807, 2.05) is 4.90 Å². The van der Waals surface area contributed by atoms with Crippen LogP contribution in [0.3, 0.4) is 0 Å². The molecule has 1 aliphatic rings. The fraction of sp³-hybridized carbons (Fsp3) is 0.320. The van der Waals surface area contributed by atoms with Gasteiger partial charge in [0.2, 0.25) is 11.8 Å². The minimum absolute atomic E-state index is 0.115. The fourth-order valence-electron chi connectivity index (χ4n) is 4.66. The van der Waals surface area contributed by atoms with Gasteiger partial charge >= 0.3 is 10.8 Å². The number of fused-ring (bicyclic) bond motifs is 3. The number of hydrogen-bond acceptors (Lipinski definition) is 11. The molecule has 0 unspecified atom stereocenters. The minimum atomic E-state index is -1.12. The predicted molar refractivity (Wildman–Crippen MR) is 145 cm³/mol. The zero-order chi connectivity index (χ0) is 28.0. The maximum atomic E-state index is 14.8.